The number of carbonyl (C=O) groups is 4. The van der Waals surface area contributed by atoms with Gasteiger partial charge in [0, 0.05) is 24.9 Å². The minimum atomic E-state index is -0.916. The van der Waals surface area contributed by atoms with E-state index in [2.05, 4.69) is 10.6 Å². The second kappa shape index (κ2) is 11.1. The lowest BCUT2D eigenvalue weighted by atomic mass is 9.68. The zero-order valence-corrected chi connectivity index (χ0v) is 18.8. The second-order valence-electron chi connectivity index (χ2n) is 7.98. The molecule has 0 bridgehead atoms. The third kappa shape index (κ3) is 6.43. The van der Waals surface area contributed by atoms with Crippen molar-refractivity contribution in [3.8, 4) is 0 Å². The van der Waals surface area contributed by atoms with Crippen molar-refractivity contribution in [2.24, 2.45) is 5.92 Å². The largest absolute Gasteiger partial charge is 0.426 e. The maximum absolute atomic E-state index is 12.9. The average molecular weight is 453 g/mol. The molecule has 0 aromatic heterocycles. The van der Waals surface area contributed by atoms with Gasteiger partial charge in [0.25, 0.3) is 0 Å². The number of alkyl carbamates (subject to hydrolysis) is 1. The fourth-order valence-corrected chi connectivity index (χ4v) is 4.05. The maximum Gasteiger partial charge on any atom is 0.410 e. The number of benzene rings is 1. The summed E-state index contributed by atoms with van der Waals surface area (Å²) in [5, 5.41) is 5.58. The van der Waals surface area contributed by atoms with Crippen molar-refractivity contribution in [1.29, 1.82) is 0 Å². The van der Waals surface area contributed by atoms with Gasteiger partial charge in [0.15, 0.2) is 0 Å². The lowest BCUT2D eigenvalue weighted by Gasteiger charge is -2.36. The number of ether oxygens (including phenoxy) is 2. The molecule has 0 saturated heterocycles. The Morgan fingerprint density at radius 3 is 2.48 bits per heavy atom. The number of rotatable bonds is 8. The molecule has 2 rings (SSSR count). The number of hydrogen-bond donors (Lipinski definition) is 2. The molecule has 2 N–H and O–H groups in total. The zero-order chi connectivity index (χ0) is 23.0. The van der Waals surface area contributed by atoms with E-state index in [1.165, 1.54) is 6.92 Å². The van der Waals surface area contributed by atoms with Gasteiger partial charge in [-0.2, -0.15) is 0 Å². The normalized spacial score (nSPS) is 19.5. The minimum Gasteiger partial charge on any atom is -0.426 e. The molecule has 1 saturated carbocycles. The van der Waals surface area contributed by atoms with E-state index in [9.17, 15) is 19.2 Å². The number of nitrogens with one attached hydrogen (secondary N) is 2. The molecule has 0 aliphatic heterocycles. The zero-order valence-electron chi connectivity index (χ0n) is 18.0. The Kier molecular flexibility index (Phi) is 8.86. The predicted molar refractivity (Wildman–Crippen MR) is 114 cm³/mol. The molecule has 1 aliphatic carbocycles. The van der Waals surface area contributed by atoms with Crippen LogP contribution in [-0.2, 0) is 29.3 Å². The molecule has 8 nitrogen and oxygen atoms in total. The van der Waals surface area contributed by atoms with Crippen LogP contribution in [0.5, 0.6) is 0 Å². The van der Waals surface area contributed by atoms with Crippen LogP contribution in [0, 0.1) is 5.92 Å². The number of amides is 2. The highest BCUT2D eigenvalue weighted by Crippen LogP contribution is 2.39. The topological polar surface area (TPSA) is 111 Å². The molecule has 9 heteroatoms. The molecule has 0 heterocycles. The van der Waals surface area contributed by atoms with Gasteiger partial charge in [-0.25, -0.2) is 9.59 Å². The summed E-state index contributed by atoms with van der Waals surface area (Å²) in [6.07, 6.45) is 1.80. The summed E-state index contributed by atoms with van der Waals surface area (Å²) < 4.78 is 9.89. The first kappa shape index (κ1) is 24.7. The predicted octanol–water partition coefficient (Wildman–Crippen LogP) is 3.11. The number of halogens is 1. The molecular weight excluding hydrogens is 424 g/mol. The van der Waals surface area contributed by atoms with E-state index >= 15 is 0 Å². The van der Waals surface area contributed by atoms with Crippen LogP contribution in [0.15, 0.2) is 24.3 Å². The van der Waals surface area contributed by atoms with Gasteiger partial charge < -0.3 is 20.1 Å². The summed E-state index contributed by atoms with van der Waals surface area (Å²) in [4.78, 5) is 48.4. The lowest BCUT2D eigenvalue weighted by Crippen LogP contribution is -2.48. The van der Waals surface area contributed by atoms with Gasteiger partial charge >= 0.3 is 12.1 Å². The van der Waals surface area contributed by atoms with Crippen LogP contribution in [0.1, 0.15) is 52.0 Å². The maximum atomic E-state index is 12.9. The molecule has 31 heavy (non-hydrogen) atoms. The molecule has 1 fully saturated rings. The summed E-state index contributed by atoms with van der Waals surface area (Å²) >= 11 is 6.35. The molecule has 0 spiro atoms. The lowest BCUT2D eigenvalue weighted by molar-refractivity contribution is -0.156. The molecule has 0 radical (unpaired) electrons. The van der Waals surface area contributed by atoms with Crippen LogP contribution in [0.3, 0.4) is 0 Å². The van der Waals surface area contributed by atoms with Crippen molar-refractivity contribution < 1.29 is 28.7 Å². The monoisotopic (exact) mass is 452 g/mol. The first-order valence-electron chi connectivity index (χ1n) is 10.3. The Morgan fingerprint density at radius 2 is 1.87 bits per heavy atom. The van der Waals surface area contributed by atoms with Crippen LogP contribution in [0.2, 0.25) is 5.02 Å². The summed E-state index contributed by atoms with van der Waals surface area (Å²) in [5.41, 5.74) is -0.233. The summed E-state index contributed by atoms with van der Waals surface area (Å²) in [6.45, 7) is 4.23. The van der Waals surface area contributed by atoms with Crippen molar-refractivity contribution in [3.63, 3.8) is 0 Å². The quantitative estimate of drug-likeness (QED) is 0.463. The molecule has 1 aromatic carbocycles. The van der Waals surface area contributed by atoms with Gasteiger partial charge in [0.2, 0.25) is 12.7 Å². The van der Waals surface area contributed by atoms with Crippen LogP contribution in [0.4, 0.5) is 4.79 Å². The Bertz CT molecular complexity index is 828. The fraction of sp³-hybridized carbons (Fsp3) is 0.545. The van der Waals surface area contributed by atoms with Crippen molar-refractivity contribution >= 4 is 35.4 Å². The third-order valence-electron chi connectivity index (χ3n) is 5.39. The Balaban J connectivity index is 1.95. The minimum absolute atomic E-state index is 0.0219. The van der Waals surface area contributed by atoms with E-state index in [-0.39, 0.29) is 24.2 Å². The molecule has 1 aliphatic rings. The molecule has 2 amide bonds. The third-order valence-corrected chi connectivity index (χ3v) is 5.72. The average Bonchev–Trinajstić information content (AvgIpc) is 2.71. The SMILES string of the molecule is CC(=O)N[C@H](C(=O)OCOC(=O)NC[C@@]1(c2ccccc2Cl)CCCCC1=O)C(C)C. The van der Waals surface area contributed by atoms with Gasteiger partial charge in [-0.15, -0.1) is 0 Å². The Labute approximate surface area is 187 Å². The molecular formula is C22H29ClN2O6. The van der Waals surface area contributed by atoms with E-state index in [0.717, 1.165) is 12.8 Å². The summed E-state index contributed by atoms with van der Waals surface area (Å²) in [5.74, 6) is -1.24. The van der Waals surface area contributed by atoms with Crippen LogP contribution in [-0.4, -0.2) is 43.1 Å². The first-order chi connectivity index (χ1) is 14.7. The molecule has 170 valence electrons. The number of hydrogen-bond acceptors (Lipinski definition) is 6. The first-order valence-corrected chi connectivity index (χ1v) is 10.7. The number of ketones is 1. The molecule has 1 aromatic rings. The van der Waals surface area contributed by atoms with Gasteiger partial charge in [-0.3, -0.25) is 9.59 Å². The van der Waals surface area contributed by atoms with Crippen LogP contribution >= 0.6 is 11.6 Å². The summed E-state index contributed by atoms with van der Waals surface area (Å²) in [7, 11) is 0. The number of esters is 1. The van der Waals surface area contributed by atoms with Crippen LogP contribution < -0.4 is 10.6 Å². The smallest absolute Gasteiger partial charge is 0.410 e. The van der Waals surface area contributed by atoms with Gasteiger partial charge in [-0.1, -0.05) is 50.1 Å². The fourth-order valence-electron chi connectivity index (χ4n) is 3.73. The molecule has 2 atom stereocenters. The van der Waals surface area contributed by atoms with Crippen molar-refractivity contribution in [2.45, 2.75) is 57.9 Å². The molecule has 0 unspecified atom stereocenters. The van der Waals surface area contributed by atoms with E-state index < -0.39 is 30.3 Å². The van der Waals surface area contributed by atoms with Crippen molar-refractivity contribution in [3.05, 3.63) is 34.9 Å². The Hall–Kier alpha value is -2.61. The van der Waals surface area contributed by atoms with Gasteiger partial charge in [-0.05, 0) is 30.4 Å². The summed E-state index contributed by atoms with van der Waals surface area (Å²) in [6, 6.07) is 6.27. The van der Waals surface area contributed by atoms with Gasteiger partial charge in [0.1, 0.15) is 11.8 Å². The highest BCUT2D eigenvalue weighted by atomic mass is 35.5. The van der Waals surface area contributed by atoms with E-state index in [1.54, 1.807) is 32.0 Å². The van der Waals surface area contributed by atoms with Gasteiger partial charge in [0.05, 0.1) is 5.41 Å². The van der Waals surface area contributed by atoms with E-state index in [1.807, 2.05) is 6.07 Å². The highest BCUT2D eigenvalue weighted by molar-refractivity contribution is 6.31. The standard InChI is InChI=1S/C22H29ClN2O6/c1-14(2)19(25-15(3)26)20(28)30-13-31-21(29)24-12-22(11-7-6-10-18(22)27)16-8-4-5-9-17(16)23/h4-5,8-9,14,19H,6-7,10-13H2,1-3H3,(H,24,29)(H,25,26)/t19-,22+/m0/s1. The van der Waals surface area contributed by atoms with Crippen molar-refractivity contribution in [2.75, 3.05) is 13.3 Å². The van der Waals surface area contributed by atoms with Crippen LogP contribution in [0.25, 0.3) is 0 Å². The Morgan fingerprint density at radius 1 is 1.16 bits per heavy atom. The number of Topliss-reactive ketones (excluding diaryl/α,β-unsaturated/α-hetero) is 1. The van der Waals surface area contributed by atoms with E-state index in [4.69, 9.17) is 21.1 Å². The van der Waals surface area contributed by atoms with E-state index in [0.29, 0.717) is 23.4 Å². The number of carbonyl (C=O) groups excluding carboxylic acids is 4. The van der Waals surface area contributed by atoms with Crippen molar-refractivity contribution in [1.82, 2.24) is 10.6 Å². The second-order valence-corrected chi connectivity index (χ2v) is 8.39. The highest BCUT2D eigenvalue weighted by Gasteiger charge is 2.43.